The van der Waals surface area contributed by atoms with E-state index >= 15 is 0 Å². The summed E-state index contributed by atoms with van der Waals surface area (Å²) >= 11 is 6.09. The smallest absolute Gasteiger partial charge is 0.307 e. The van der Waals surface area contributed by atoms with E-state index in [9.17, 15) is 18.0 Å². The summed E-state index contributed by atoms with van der Waals surface area (Å²) in [6.45, 7) is 0.0489. The number of nitrogens with one attached hydrogen (secondary N) is 1. The van der Waals surface area contributed by atoms with Crippen molar-refractivity contribution in [2.75, 3.05) is 5.75 Å². The molecule has 0 unspecified atom stereocenters. The normalized spacial score (nSPS) is 11.1. The Hall–Kier alpha value is -3.17. The maximum Gasteiger partial charge on any atom is 0.307 e. The van der Waals surface area contributed by atoms with E-state index in [1.165, 1.54) is 17.1 Å². The van der Waals surface area contributed by atoms with Gasteiger partial charge in [0, 0.05) is 6.20 Å². The van der Waals surface area contributed by atoms with Gasteiger partial charge in [-0.3, -0.25) is 9.59 Å². The molecular formula is C20H18ClN3O5S. The van der Waals surface area contributed by atoms with Gasteiger partial charge in [0.2, 0.25) is 10.0 Å². The van der Waals surface area contributed by atoms with E-state index in [1.807, 2.05) is 10.8 Å². The van der Waals surface area contributed by atoms with E-state index in [2.05, 4.69) is 5.10 Å². The van der Waals surface area contributed by atoms with Crippen LogP contribution in [0.4, 0.5) is 0 Å². The number of aromatic nitrogens is 2. The fourth-order valence-electron chi connectivity index (χ4n) is 2.49. The monoisotopic (exact) mass is 447 g/mol. The lowest BCUT2D eigenvalue weighted by molar-refractivity contribution is -0.144. The highest BCUT2D eigenvalue weighted by molar-refractivity contribution is 7.90. The highest BCUT2D eigenvalue weighted by atomic mass is 35.5. The first-order chi connectivity index (χ1) is 14.3. The predicted molar refractivity (Wildman–Crippen MR) is 111 cm³/mol. The summed E-state index contributed by atoms with van der Waals surface area (Å²) in [5, 5.41) is 4.45. The average Bonchev–Trinajstić information content (AvgIpc) is 3.22. The first-order valence-electron chi connectivity index (χ1n) is 8.88. The number of halogens is 1. The van der Waals surface area contributed by atoms with Crippen molar-refractivity contribution in [1.29, 1.82) is 0 Å². The van der Waals surface area contributed by atoms with Gasteiger partial charge in [-0.05, 0) is 17.7 Å². The van der Waals surface area contributed by atoms with Gasteiger partial charge in [-0.1, -0.05) is 54.1 Å². The summed E-state index contributed by atoms with van der Waals surface area (Å²) in [7, 11) is -4.03. The van der Waals surface area contributed by atoms with Gasteiger partial charge in [0.05, 0.1) is 34.6 Å². The number of rotatable bonds is 8. The zero-order valence-corrected chi connectivity index (χ0v) is 17.3. The zero-order chi connectivity index (χ0) is 21.6. The number of ether oxygens (including phenoxy) is 1. The molecule has 0 fully saturated rings. The Morgan fingerprint density at radius 1 is 1.07 bits per heavy atom. The molecule has 1 amide bonds. The summed E-state index contributed by atoms with van der Waals surface area (Å²) in [6.07, 6.45) is 2.21. The quantitative estimate of drug-likeness (QED) is 0.532. The van der Waals surface area contributed by atoms with Crippen LogP contribution in [0.2, 0.25) is 5.02 Å². The molecule has 30 heavy (non-hydrogen) atoms. The number of carbonyl (C=O) groups is 2. The molecule has 0 aliphatic heterocycles. The Morgan fingerprint density at radius 3 is 2.50 bits per heavy atom. The number of hydrogen-bond donors (Lipinski definition) is 1. The molecule has 1 aromatic heterocycles. The zero-order valence-electron chi connectivity index (χ0n) is 15.7. The third-order valence-electron chi connectivity index (χ3n) is 4.01. The molecule has 1 heterocycles. The highest BCUT2D eigenvalue weighted by Crippen LogP contribution is 2.19. The molecule has 2 aromatic carbocycles. The van der Waals surface area contributed by atoms with Crippen molar-refractivity contribution in [2.24, 2.45) is 0 Å². The molecule has 10 heteroatoms. The number of sulfonamides is 1. The van der Waals surface area contributed by atoms with Crippen LogP contribution in [0.25, 0.3) is 5.69 Å². The lowest BCUT2D eigenvalue weighted by Crippen LogP contribution is -2.33. The third kappa shape index (κ3) is 5.91. The fraction of sp³-hybridized carbons (Fsp3) is 0.150. The molecule has 1 N–H and O–H groups in total. The van der Waals surface area contributed by atoms with Crippen molar-refractivity contribution in [3.63, 3.8) is 0 Å². The van der Waals surface area contributed by atoms with E-state index in [4.69, 9.17) is 16.3 Å². The minimum absolute atomic E-state index is 0.0325. The van der Waals surface area contributed by atoms with Gasteiger partial charge in [0.25, 0.3) is 5.91 Å². The van der Waals surface area contributed by atoms with Gasteiger partial charge < -0.3 is 4.74 Å². The molecule has 0 saturated carbocycles. The topological polar surface area (TPSA) is 107 Å². The first-order valence-corrected chi connectivity index (χ1v) is 10.9. The number of esters is 1. The van der Waals surface area contributed by atoms with Gasteiger partial charge >= 0.3 is 5.97 Å². The second kappa shape index (κ2) is 9.55. The highest BCUT2D eigenvalue weighted by Gasteiger charge is 2.20. The molecule has 3 rings (SSSR count). The van der Waals surface area contributed by atoms with Crippen LogP contribution >= 0.6 is 11.6 Å². The average molecular weight is 448 g/mol. The van der Waals surface area contributed by atoms with Crippen molar-refractivity contribution in [3.8, 4) is 5.69 Å². The van der Waals surface area contributed by atoms with Gasteiger partial charge in [-0.15, -0.1) is 0 Å². The van der Waals surface area contributed by atoms with Gasteiger partial charge in [0.1, 0.15) is 6.61 Å². The van der Waals surface area contributed by atoms with Crippen LogP contribution in [0.1, 0.15) is 22.3 Å². The molecule has 0 atom stereocenters. The number of hydrogen-bond acceptors (Lipinski definition) is 6. The molecule has 3 aromatic rings. The molecule has 156 valence electrons. The SMILES string of the molecule is O=C(CCS(=O)(=O)NC(=O)c1cnn(-c2ccccc2Cl)c1)OCc1ccccc1. The fourth-order valence-corrected chi connectivity index (χ4v) is 3.65. The predicted octanol–water partition coefficient (Wildman–Crippen LogP) is 2.72. The number of nitrogens with zero attached hydrogens (tertiary/aromatic N) is 2. The van der Waals surface area contributed by atoms with Crippen LogP contribution in [0.5, 0.6) is 0 Å². The summed E-state index contributed by atoms with van der Waals surface area (Å²) in [4.78, 5) is 24.0. The minimum atomic E-state index is -4.03. The minimum Gasteiger partial charge on any atom is -0.461 e. The van der Waals surface area contributed by atoms with Gasteiger partial charge in [-0.25, -0.2) is 17.8 Å². The summed E-state index contributed by atoms with van der Waals surface area (Å²) in [5.74, 6) is -2.11. The molecule has 0 saturated heterocycles. The van der Waals surface area contributed by atoms with Crippen LogP contribution in [-0.4, -0.2) is 35.8 Å². The van der Waals surface area contributed by atoms with Crippen molar-refractivity contribution >= 4 is 33.5 Å². The summed E-state index contributed by atoms with van der Waals surface area (Å²) in [5.41, 5.74) is 1.37. The molecule has 0 spiro atoms. The largest absolute Gasteiger partial charge is 0.461 e. The van der Waals surface area contributed by atoms with Crippen LogP contribution in [-0.2, 0) is 26.2 Å². The Morgan fingerprint density at radius 2 is 1.77 bits per heavy atom. The number of amides is 1. The van der Waals surface area contributed by atoms with Gasteiger partial charge in [-0.2, -0.15) is 5.10 Å². The summed E-state index contributed by atoms with van der Waals surface area (Å²) in [6, 6.07) is 15.9. The van der Waals surface area contributed by atoms with Crippen LogP contribution in [0, 0.1) is 0 Å². The molecule has 0 aliphatic rings. The molecule has 0 aliphatic carbocycles. The number of benzene rings is 2. The Labute approximate surface area is 178 Å². The van der Waals surface area contributed by atoms with E-state index in [-0.39, 0.29) is 18.6 Å². The van der Waals surface area contributed by atoms with Crippen LogP contribution in [0.3, 0.4) is 0 Å². The summed E-state index contributed by atoms with van der Waals surface area (Å²) < 4.78 is 32.6. The van der Waals surface area contributed by atoms with E-state index < -0.39 is 27.7 Å². The number of carbonyl (C=O) groups excluding carboxylic acids is 2. The van der Waals surface area contributed by atoms with E-state index in [1.54, 1.807) is 48.5 Å². The van der Waals surface area contributed by atoms with Gasteiger partial charge in [0.15, 0.2) is 0 Å². The van der Waals surface area contributed by atoms with E-state index in [0.29, 0.717) is 10.7 Å². The Kier molecular flexibility index (Phi) is 6.86. The Balaban J connectivity index is 1.53. The lowest BCUT2D eigenvalue weighted by Gasteiger charge is -2.07. The standard InChI is InChI=1S/C20H18ClN3O5S/c21-17-8-4-5-9-18(17)24-13-16(12-22-24)20(26)23-30(27,28)11-10-19(25)29-14-15-6-2-1-3-7-15/h1-9,12-13H,10-11,14H2,(H,23,26). The first kappa shape index (κ1) is 21.5. The van der Waals surface area contributed by atoms with Crippen molar-refractivity contribution in [3.05, 3.63) is 83.1 Å². The maximum atomic E-state index is 12.3. The molecular weight excluding hydrogens is 430 g/mol. The molecule has 8 nitrogen and oxygen atoms in total. The third-order valence-corrected chi connectivity index (χ3v) is 5.57. The van der Waals surface area contributed by atoms with E-state index in [0.717, 1.165) is 5.56 Å². The van der Waals surface area contributed by atoms with Crippen LogP contribution < -0.4 is 4.72 Å². The Bertz CT molecular complexity index is 1150. The second-order valence-electron chi connectivity index (χ2n) is 6.27. The van der Waals surface area contributed by atoms with Crippen molar-refractivity contribution in [2.45, 2.75) is 13.0 Å². The second-order valence-corrected chi connectivity index (χ2v) is 8.52. The van der Waals surface area contributed by atoms with Crippen molar-refractivity contribution in [1.82, 2.24) is 14.5 Å². The van der Waals surface area contributed by atoms with Crippen molar-refractivity contribution < 1.29 is 22.7 Å². The maximum absolute atomic E-state index is 12.3. The lowest BCUT2D eigenvalue weighted by atomic mass is 10.2. The molecule has 0 bridgehead atoms. The number of para-hydroxylation sites is 1. The molecule has 0 radical (unpaired) electrons. The van der Waals surface area contributed by atoms with Crippen LogP contribution in [0.15, 0.2) is 67.0 Å².